The van der Waals surface area contributed by atoms with Crippen molar-refractivity contribution in [1.82, 2.24) is 19.9 Å². The number of hydrogen-bond acceptors (Lipinski definition) is 5. The Kier molecular flexibility index (Phi) is 5.21. The smallest absolute Gasteiger partial charge is 0.254 e. The van der Waals surface area contributed by atoms with Crippen LogP contribution in [0.2, 0.25) is 5.02 Å². The lowest BCUT2D eigenvalue weighted by atomic mass is 10.1. The third-order valence-corrected chi connectivity index (χ3v) is 5.03. The van der Waals surface area contributed by atoms with E-state index in [-0.39, 0.29) is 11.9 Å². The normalized spacial score (nSPS) is 16.2. The molecule has 0 spiro atoms. The van der Waals surface area contributed by atoms with E-state index in [2.05, 4.69) is 20.3 Å². The summed E-state index contributed by atoms with van der Waals surface area (Å²) in [5, 5.41) is 3.74. The molecule has 1 unspecified atom stereocenters. The summed E-state index contributed by atoms with van der Waals surface area (Å²) in [5.41, 5.74) is 2.54. The topological polar surface area (TPSA) is 71.0 Å². The van der Waals surface area contributed by atoms with Crippen molar-refractivity contribution in [3.05, 3.63) is 76.7 Å². The van der Waals surface area contributed by atoms with Gasteiger partial charge in [-0.15, -0.1) is 0 Å². The molecule has 1 saturated heterocycles. The molecule has 1 aromatic carbocycles. The highest BCUT2D eigenvalue weighted by molar-refractivity contribution is 6.30. The van der Waals surface area contributed by atoms with Gasteiger partial charge in [0.25, 0.3) is 5.91 Å². The molecular weight excluding hydrogens is 374 g/mol. The minimum Gasteiger partial charge on any atom is -0.330 e. The third-order valence-electron chi connectivity index (χ3n) is 4.77. The average Bonchev–Trinajstić information content (AvgIpc) is 3.20. The van der Waals surface area contributed by atoms with Crippen LogP contribution in [-0.2, 0) is 0 Å². The number of aromatic nitrogens is 3. The second-order valence-corrected chi connectivity index (χ2v) is 7.25. The summed E-state index contributed by atoms with van der Waals surface area (Å²) >= 11 is 5.94. The Labute approximate surface area is 168 Å². The lowest BCUT2D eigenvalue weighted by Gasteiger charge is -2.24. The van der Waals surface area contributed by atoms with Gasteiger partial charge in [-0.2, -0.15) is 0 Å². The molecule has 1 N–H and O–H groups in total. The maximum Gasteiger partial charge on any atom is 0.254 e. The van der Waals surface area contributed by atoms with Crippen LogP contribution in [-0.4, -0.2) is 32.3 Å². The van der Waals surface area contributed by atoms with Crippen molar-refractivity contribution >= 4 is 29.3 Å². The molecule has 0 saturated carbocycles. The highest BCUT2D eigenvalue weighted by atomic mass is 35.5. The SMILES string of the molecule is Cc1ccc(Nc2nccc(C3CCCN3C(=O)c3ccc(Cl)cc3)n2)nc1. The molecule has 1 fully saturated rings. The predicted molar refractivity (Wildman–Crippen MR) is 109 cm³/mol. The Bertz CT molecular complexity index is 975. The lowest BCUT2D eigenvalue weighted by molar-refractivity contribution is 0.0733. The van der Waals surface area contributed by atoms with Crippen molar-refractivity contribution in [1.29, 1.82) is 0 Å². The number of carbonyl (C=O) groups is 1. The van der Waals surface area contributed by atoms with Crippen molar-refractivity contribution in [2.75, 3.05) is 11.9 Å². The van der Waals surface area contributed by atoms with E-state index in [1.807, 2.05) is 30.0 Å². The van der Waals surface area contributed by atoms with Crippen LogP contribution in [0.4, 0.5) is 11.8 Å². The number of rotatable bonds is 4. The first-order valence-electron chi connectivity index (χ1n) is 9.19. The predicted octanol–water partition coefficient (Wildman–Crippen LogP) is 4.55. The van der Waals surface area contributed by atoms with Gasteiger partial charge in [-0.1, -0.05) is 17.7 Å². The lowest BCUT2D eigenvalue weighted by Crippen LogP contribution is -2.31. The quantitative estimate of drug-likeness (QED) is 0.703. The molecule has 142 valence electrons. The first-order chi connectivity index (χ1) is 13.6. The summed E-state index contributed by atoms with van der Waals surface area (Å²) in [4.78, 5) is 28.1. The van der Waals surface area contributed by atoms with Gasteiger partial charge in [-0.05, 0) is 61.7 Å². The summed E-state index contributed by atoms with van der Waals surface area (Å²) in [5.74, 6) is 1.15. The zero-order chi connectivity index (χ0) is 19.5. The molecule has 3 aromatic rings. The van der Waals surface area contributed by atoms with Gasteiger partial charge >= 0.3 is 0 Å². The molecule has 1 aliphatic rings. The van der Waals surface area contributed by atoms with Crippen molar-refractivity contribution in [3.8, 4) is 0 Å². The monoisotopic (exact) mass is 393 g/mol. The van der Waals surface area contributed by atoms with E-state index in [1.54, 1.807) is 36.7 Å². The molecule has 1 atom stereocenters. The van der Waals surface area contributed by atoms with Crippen LogP contribution >= 0.6 is 11.6 Å². The summed E-state index contributed by atoms with van der Waals surface area (Å²) in [7, 11) is 0. The number of likely N-dealkylation sites (tertiary alicyclic amines) is 1. The number of anilines is 2. The van der Waals surface area contributed by atoms with E-state index >= 15 is 0 Å². The van der Waals surface area contributed by atoms with Gasteiger partial charge in [0.05, 0.1) is 11.7 Å². The van der Waals surface area contributed by atoms with Crippen molar-refractivity contribution in [2.45, 2.75) is 25.8 Å². The van der Waals surface area contributed by atoms with E-state index in [1.165, 1.54) is 0 Å². The minimum absolute atomic E-state index is 0.00695. The van der Waals surface area contributed by atoms with Crippen LogP contribution in [0.25, 0.3) is 0 Å². The molecule has 6 nitrogen and oxygen atoms in total. The molecule has 7 heteroatoms. The van der Waals surface area contributed by atoms with Crippen LogP contribution in [0.5, 0.6) is 0 Å². The van der Waals surface area contributed by atoms with Crippen LogP contribution in [0.1, 0.15) is 40.5 Å². The molecule has 4 rings (SSSR count). The maximum absolute atomic E-state index is 13.0. The largest absolute Gasteiger partial charge is 0.330 e. The fraction of sp³-hybridized carbons (Fsp3) is 0.238. The fourth-order valence-electron chi connectivity index (χ4n) is 3.35. The van der Waals surface area contributed by atoms with Gasteiger partial charge < -0.3 is 10.2 Å². The zero-order valence-corrected chi connectivity index (χ0v) is 16.2. The molecule has 0 aliphatic carbocycles. The van der Waals surface area contributed by atoms with E-state index in [0.29, 0.717) is 28.9 Å². The summed E-state index contributed by atoms with van der Waals surface area (Å²) < 4.78 is 0. The van der Waals surface area contributed by atoms with E-state index < -0.39 is 0 Å². The van der Waals surface area contributed by atoms with Crippen molar-refractivity contribution in [2.24, 2.45) is 0 Å². The second kappa shape index (κ2) is 7.94. The fourth-order valence-corrected chi connectivity index (χ4v) is 3.48. The molecule has 1 amide bonds. The Morgan fingerprint density at radius 3 is 2.71 bits per heavy atom. The van der Waals surface area contributed by atoms with E-state index in [4.69, 9.17) is 11.6 Å². The number of halogens is 1. The zero-order valence-electron chi connectivity index (χ0n) is 15.5. The molecule has 0 bridgehead atoms. The Morgan fingerprint density at radius 1 is 1.14 bits per heavy atom. The highest BCUT2D eigenvalue weighted by Gasteiger charge is 2.31. The Balaban J connectivity index is 1.55. The first kappa shape index (κ1) is 18.4. The van der Waals surface area contributed by atoms with Gasteiger partial charge in [-0.25, -0.2) is 15.0 Å². The molecular formula is C21H20ClN5O. The van der Waals surface area contributed by atoms with Crippen molar-refractivity contribution in [3.63, 3.8) is 0 Å². The van der Waals surface area contributed by atoms with Gasteiger partial charge in [0, 0.05) is 29.5 Å². The first-order valence-corrected chi connectivity index (χ1v) is 9.57. The number of nitrogens with one attached hydrogen (secondary N) is 1. The number of carbonyl (C=O) groups excluding carboxylic acids is 1. The number of amides is 1. The van der Waals surface area contributed by atoms with Gasteiger partial charge in [0.2, 0.25) is 5.95 Å². The number of benzene rings is 1. The van der Waals surface area contributed by atoms with Crippen LogP contribution in [0, 0.1) is 6.92 Å². The summed E-state index contributed by atoms with van der Waals surface area (Å²) in [6, 6.07) is 12.7. The number of aryl methyl sites for hydroxylation is 1. The molecule has 1 aliphatic heterocycles. The summed E-state index contributed by atoms with van der Waals surface area (Å²) in [6.07, 6.45) is 5.31. The minimum atomic E-state index is -0.0716. The van der Waals surface area contributed by atoms with Gasteiger partial charge in [0.1, 0.15) is 5.82 Å². The number of hydrogen-bond donors (Lipinski definition) is 1. The Hall–Kier alpha value is -2.99. The summed E-state index contributed by atoms with van der Waals surface area (Å²) in [6.45, 7) is 2.69. The van der Waals surface area contributed by atoms with Gasteiger partial charge in [-0.3, -0.25) is 4.79 Å². The van der Waals surface area contributed by atoms with E-state index in [9.17, 15) is 4.79 Å². The third kappa shape index (κ3) is 3.97. The second-order valence-electron chi connectivity index (χ2n) is 6.81. The van der Waals surface area contributed by atoms with Crippen LogP contribution in [0.3, 0.4) is 0 Å². The van der Waals surface area contributed by atoms with Crippen LogP contribution < -0.4 is 5.32 Å². The average molecular weight is 394 g/mol. The van der Waals surface area contributed by atoms with E-state index in [0.717, 1.165) is 24.1 Å². The molecule has 2 aromatic heterocycles. The molecule has 0 radical (unpaired) electrons. The highest BCUT2D eigenvalue weighted by Crippen LogP contribution is 2.32. The van der Waals surface area contributed by atoms with Crippen LogP contribution in [0.15, 0.2) is 54.9 Å². The number of nitrogens with zero attached hydrogens (tertiary/aromatic N) is 4. The Morgan fingerprint density at radius 2 is 1.96 bits per heavy atom. The van der Waals surface area contributed by atoms with Gasteiger partial charge in [0.15, 0.2) is 0 Å². The number of pyridine rings is 1. The molecule has 3 heterocycles. The molecule has 28 heavy (non-hydrogen) atoms. The van der Waals surface area contributed by atoms with Crippen molar-refractivity contribution < 1.29 is 4.79 Å². The standard InChI is InChI=1S/C21H20ClN5O/c1-14-4-9-19(24-13-14)26-21-23-11-10-17(25-21)18-3-2-12-27(18)20(28)15-5-7-16(22)8-6-15/h4-11,13,18H,2-3,12H2,1H3,(H,23,24,25,26). The maximum atomic E-state index is 13.0.